The number of hydrogen-bond acceptors (Lipinski definition) is 4. The molecule has 0 aliphatic rings. The van der Waals surface area contributed by atoms with Gasteiger partial charge in [-0.05, 0) is 33.8 Å². The van der Waals surface area contributed by atoms with Crippen molar-refractivity contribution in [3.63, 3.8) is 0 Å². The Morgan fingerprint density at radius 2 is 0.531 bits per heavy atom. The van der Waals surface area contributed by atoms with Crippen molar-refractivity contribution < 1.29 is 20.4 Å². The van der Waals surface area contributed by atoms with Crippen LogP contribution in [0.5, 0.6) is 23.0 Å². The molecule has 2 aromatic carbocycles. The highest BCUT2D eigenvalue weighted by atomic mass is 16.3. The fourth-order valence-corrected chi connectivity index (χ4v) is 4.09. The third kappa shape index (κ3) is 4.55. The van der Waals surface area contributed by atoms with Crippen LogP contribution in [0.15, 0.2) is 12.1 Å². The van der Waals surface area contributed by atoms with Gasteiger partial charge in [-0.2, -0.15) is 0 Å². The summed E-state index contributed by atoms with van der Waals surface area (Å²) in [4.78, 5) is 0. The summed E-state index contributed by atoms with van der Waals surface area (Å²) in [5, 5.41) is 45.6. The third-order valence-corrected chi connectivity index (χ3v) is 6.03. The van der Waals surface area contributed by atoms with Gasteiger partial charge in [0.15, 0.2) is 0 Å². The van der Waals surface area contributed by atoms with E-state index in [2.05, 4.69) is 0 Å². The molecule has 178 valence electrons. The van der Waals surface area contributed by atoms with Crippen LogP contribution in [0.25, 0.3) is 11.1 Å². The van der Waals surface area contributed by atoms with Crippen molar-refractivity contribution in [2.45, 2.75) is 105 Å². The molecule has 0 bridgehead atoms. The molecule has 0 aromatic heterocycles. The average molecular weight is 443 g/mol. The van der Waals surface area contributed by atoms with Gasteiger partial charge in [0.25, 0.3) is 0 Å². The number of phenols is 4. The summed E-state index contributed by atoms with van der Waals surface area (Å²) in [5.74, 6) is -0.502. The number of benzene rings is 2. The zero-order valence-corrected chi connectivity index (χ0v) is 21.9. The van der Waals surface area contributed by atoms with E-state index >= 15 is 0 Å². The molecule has 0 unspecified atom stereocenters. The van der Waals surface area contributed by atoms with Crippen molar-refractivity contribution in [3.8, 4) is 34.1 Å². The van der Waals surface area contributed by atoms with E-state index in [1.165, 1.54) is 0 Å². The molecule has 4 heteroatoms. The van der Waals surface area contributed by atoms with Crippen molar-refractivity contribution in [2.75, 3.05) is 0 Å². The molecule has 0 radical (unpaired) electrons. The molecular formula is C28H42O4. The Morgan fingerprint density at radius 1 is 0.375 bits per heavy atom. The molecule has 0 spiro atoms. The van der Waals surface area contributed by atoms with E-state index < -0.39 is 21.7 Å². The van der Waals surface area contributed by atoms with Gasteiger partial charge < -0.3 is 20.4 Å². The summed E-state index contributed by atoms with van der Waals surface area (Å²) in [6, 6.07) is 3.67. The normalized spacial score (nSPS) is 13.5. The number of hydrogen-bond donors (Lipinski definition) is 4. The van der Waals surface area contributed by atoms with Crippen molar-refractivity contribution in [1.29, 1.82) is 0 Å². The zero-order chi connectivity index (χ0) is 25.2. The fraction of sp³-hybridized carbons (Fsp3) is 0.571. The van der Waals surface area contributed by atoms with Crippen LogP contribution in [0.2, 0.25) is 0 Å². The van der Waals surface area contributed by atoms with Crippen LogP contribution in [0.4, 0.5) is 0 Å². The fourth-order valence-electron chi connectivity index (χ4n) is 4.09. The van der Waals surface area contributed by atoms with Gasteiger partial charge in [0.2, 0.25) is 0 Å². The van der Waals surface area contributed by atoms with Crippen LogP contribution in [0, 0.1) is 0 Å². The van der Waals surface area contributed by atoms with Gasteiger partial charge in [-0.1, -0.05) is 83.1 Å². The highest BCUT2D eigenvalue weighted by molar-refractivity contribution is 5.89. The lowest BCUT2D eigenvalue weighted by Gasteiger charge is -2.32. The molecule has 4 N–H and O–H groups in total. The molecular weight excluding hydrogens is 400 g/mol. The minimum absolute atomic E-state index is 0.0777. The van der Waals surface area contributed by atoms with Gasteiger partial charge in [0, 0.05) is 22.3 Å². The standard InChI is InChI=1S/C28H42O4/c1-25(2,3)15-13-16(26(4,5)6)22(30)19(21(15)29)20-23(31)17(27(7,8)9)14-18(24(20)32)28(10,11)12/h13-14,29-32H,1-12H3. The molecule has 2 rings (SSSR count). The summed E-state index contributed by atoms with van der Waals surface area (Å²) in [5.41, 5.74) is 1.04. The maximum Gasteiger partial charge on any atom is 0.131 e. The Bertz CT molecular complexity index is 872. The minimum Gasteiger partial charge on any atom is -0.507 e. The van der Waals surface area contributed by atoms with Gasteiger partial charge in [-0.25, -0.2) is 0 Å². The highest BCUT2D eigenvalue weighted by Gasteiger charge is 2.35. The first-order valence-electron chi connectivity index (χ1n) is 11.3. The molecule has 0 fully saturated rings. The van der Waals surface area contributed by atoms with Gasteiger partial charge in [0.05, 0.1) is 11.1 Å². The van der Waals surface area contributed by atoms with Crippen molar-refractivity contribution in [2.24, 2.45) is 0 Å². The first kappa shape index (κ1) is 25.9. The second kappa shape index (κ2) is 7.60. The minimum atomic E-state index is -0.424. The zero-order valence-electron chi connectivity index (χ0n) is 21.9. The Hall–Kier alpha value is -2.36. The van der Waals surface area contributed by atoms with Crippen LogP contribution in [0.3, 0.4) is 0 Å². The second-order valence-electron chi connectivity index (χ2n) is 13.1. The Labute approximate surface area is 194 Å². The van der Waals surface area contributed by atoms with Gasteiger partial charge in [-0.3, -0.25) is 0 Å². The summed E-state index contributed by atoms with van der Waals surface area (Å²) >= 11 is 0. The van der Waals surface area contributed by atoms with E-state index in [1.807, 2.05) is 95.2 Å². The predicted molar refractivity (Wildman–Crippen MR) is 133 cm³/mol. The number of phenolic OH excluding ortho intramolecular Hbond substituents is 4. The molecule has 4 nitrogen and oxygen atoms in total. The van der Waals surface area contributed by atoms with Crippen LogP contribution >= 0.6 is 0 Å². The molecule has 0 saturated heterocycles. The average Bonchev–Trinajstić information content (AvgIpc) is 2.52. The molecule has 0 atom stereocenters. The lowest BCUT2D eigenvalue weighted by Crippen LogP contribution is -2.19. The van der Waals surface area contributed by atoms with Gasteiger partial charge in [-0.15, -0.1) is 0 Å². The maximum absolute atomic E-state index is 11.4. The third-order valence-electron chi connectivity index (χ3n) is 6.03. The quantitative estimate of drug-likeness (QED) is 0.372. The molecule has 0 amide bonds. The first-order valence-corrected chi connectivity index (χ1v) is 11.3. The topological polar surface area (TPSA) is 80.9 Å². The number of aromatic hydroxyl groups is 4. The monoisotopic (exact) mass is 442 g/mol. The highest BCUT2D eigenvalue weighted by Crippen LogP contribution is 2.56. The summed E-state index contributed by atoms with van der Waals surface area (Å²) < 4.78 is 0. The second-order valence-corrected chi connectivity index (χ2v) is 13.1. The van der Waals surface area contributed by atoms with E-state index in [1.54, 1.807) is 0 Å². The SMILES string of the molecule is CC(C)(C)c1cc(C(C)(C)C)c(O)c(-c2c(O)c(C(C)(C)C)cc(C(C)(C)C)c2O)c1O. The molecule has 0 heterocycles. The van der Waals surface area contributed by atoms with Crippen molar-refractivity contribution in [3.05, 3.63) is 34.4 Å². The van der Waals surface area contributed by atoms with Crippen LogP contribution in [0.1, 0.15) is 105 Å². The van der Waals surface area contributed by atoms with E-state index in [4.69, 9.17) is 0 Å². The smallest absolute Gasteiger partial charge is 0.131 e. The van der Waals surface area contributed by atoms with Gasteiger partial charge in [0.1, 0.15) is 23.0 Å². The van der Waals surface area contributed by atoms with E-state index in [9.17, 15) is 20.4 Å². The summed E-state index contributed by atoms with van der Waals surface area (Å²) in [7, 11) is 0. The van der Waals surface area contributed by atoms with Crippen LogP contribution in [-0.4, -0.2) is 20.4 Å². The van der Waals surface area contributed by atoms with Gasteiger partial charge >= 0.3 is 0 Å². The largest absolute Gasteiger partial charge is 0.507 e. The van der Waals surface area contributed by atoms with Crippen molar-refractivity contribution in [1.82, 2.24) is 0 Å². The number of rotatable bonds is 1. The first-order chi connectivity index (χ1) is 14.1. The predicted octanol–water partition coefficient (Wildman–Crippen LogP) is 7.37. The molecule has 0 saturated carbocycles. The van der Waals surface area contributed by atoms with E-state index in [-0.39, 0.29) is 34.1 Å². The van der Waals surface area contributed by atoms with Crippen LogP contribution < -0.4 is 0 Å². The van der Waals surface area contributed by atoms with E-state index in [0.29, 0.717) is 22.3 Å². The lowest BCUT2D eigenvalue weighted by molar-refractivity contribution is 0.407. The molecule has 0 aliphatic carbocycles. The molecule has 32 heavy (non-hydrogen) atoms. The van der Waals surface area contributed by atoms with Crippen molar-refractivity contribution >= 4 is 0 Å². The summed E-state index contributed by atoms with van der Waals surface area (Å²) in [6.07, 6.45) is 0. The Morgan fingerprint density at radius 3 is 0.656 bits per heavy atom. The maximum atomic E-state index is 11.4. The van der Waals surface area contributed by atoms with Crippen LogP contribution in [-0.2, 0) is 21.7 Å². The van der Waals surface area contributed by atoms with E-state index in [0.717, 1.165) is 0 Å². The lowest BCUT2D eigenvalue weighted by atomic mass is 9.74. The Balaban J connectivity index is 3.23. The Kier molecular flexibility index (Phi) is 6.15. The molecule has 0 aliphatic heterocycles. The summed E-state index contributed by atoms with van der Waals surface area (Å²) in [6.45, 7) is 23.8. The molecule has 2 aromatic rings.